The topological polar surface area (TPSA) is 55.1 Å². The lowest BCUT2D eigenvalue weighted by Gasteiger charge is -2.07. The molecule has 0 fully saturated rings. The smallest absolute Gasteiger partial charge is 0.303 e. The molecular weight excluding hydrogens is 252 g/mol. The van der Waals surface area contributed by atoms with Crippen LogP contribution in [0.2, 0.25) is 0 Å². The van der Waals surface area contributed by atoms with Crippen LogP contribution >= 0.6 is 0 Å². The molecule has 0 radical (unpaired) electrons. The molecule has 4 nitrogen and oxygen atoms in total. The van der Waals surface area contributed by atoms with Gasteiger partial charge in [0.25, 0.3) is 0 Å². The molecule has 0 aliphatic heterocycles. The first-order valence-corrected chi connectivity index (χ1v) is 6.83. The monoisotopic (exact) mass is 272 g/mol. The molecule has 20 heavy (non-hydrogen) atoms. The molecule has 106 valence electrons. The van der Waals surface area contributed by atoms with Crippen molar-refractivity contribution in [2.75, 3.05) is 0 Å². The molecule has 4 heteroatoms. The predicted molar refractivity (Wildman–Crippen MR) is 78.7 cm³/mol. The molecule has 0 aliphatic carbocycles. The van der Waals surface area contributed by atoms with Crippen LogP contribution in [0.5, 0.6) is 0 Å². The fourth-order valence-corrected chi connectivity index (χ4v) is 2.22. The number of nitrogens with zero attached hydrogens (tertiary/aromatic N) is 2. The van der Waals surface area contributed by atoms with Crippen molar-refractivity contribution < 1.29 is 9.90 Å². The molecule has 2 rings (SSSR count). The Labute approximate surface area is 119 Å². The van der Waals surface area contributed by atoms with Crippen LogP contribution in [-0.2, 0) is 11.2 Å². The van der Waals surface area contributed by atoms with Crippen molar-refractivity contribution in [1.82, 2.24) is 9.78 Å². The van der Waals surface area contributed by atoms with Gasteiger partial charge in [-0.3, -0.25) is 9.48 Å². The Bertz CT molecular complexity index is 615. The molecule has 1 N–H and O–H groups in total. The lowest BCUT2D eigenvalue weighted by Crippen LogP contribution is -1.99. The highest BCUT2D eigenvalue weighted by Gasteiger charge is 2.08. The number of benzene rings is 1. The van der Waals surface area contributed by atoms with Crippen molar-refractivity contribution in [1.29, 1.82) is 0 Å². The Hall–Kier alpha value is -2.10. The molecule has 0 aliphatic rings. The summed E-state index contributed by atoms with van der Waals surface area (Å²) in [5.74, 6) is -0.759. The third kappa shape index (κ3) is 3.26. The minimum atomic E-state index is -0.759. The van der Waals surface area contributed by atoms with Gasteiger partial charge >= 0.3 is 5.97 Å². The normalized spacial score (nSPS) is 11.0. The average Bonchev–Trinajstić information content (AvgIpc) is 2.86. The Morgan fingerprint density at radius 2 is 2.15 bits per heavy atom. The van der Waals surface area contributed by atoms with Crippen molar-refractivity contribution in [3.63, 3.8) is 0 Å². The second-order valence-corrected chi connectivity index (χ2v) is 5.35. The van der Waals surface area contributed by atoms with E-state index in [1.807, 2.05) is 36.1 Å². The van der Waals surface area contributed by atoms with Crippen molar-refractivity contribution in [2.24, 2.45) is 0 Å². The number of hydrogen-bond donors (Lipinski definition) is 1. The van der Waals surface area contributed by atoms with Crippen LogP contribution in [0.4, 0.5) is 0 Å². The number of hydrogen-bond acceptors (Lipinski definition) is 2. The molecule has 1 aromatic carbocycles. The number of carboxylic acid groups (broad SMARTS) is 1. The van der Waals surface area contributed by atoms with Crippen molar-refractivity contribution in [2.45, 2.75) is 39.7 Å². The summed E-state index contributed by atoms with van der Waals surface area (Å²) in [6, 6.07) is 6.45. The van der Waals surface area contributed by atoms with Crippen molar-refractivity contribution in [3.05, 3.63) is 41.7 Å². The van der Waals surface area contributed by atoms with Gasteiger partial charge in [-0.2, -0.15) is 5.10 Å². The summed E-state index contributed by atoms with van der Waals surface area (Å²) in [4.78, 5) is 10.6. The third-order valence-electron chi connectivity index (χ3n) is 3.36. The van der Waals surface area contributed by atoms with E-state index in [0.29, 0.717) is 12.5 Å². The van der Waals surface area contributed by atoms with E-state index < -0.39 is 5.97 Å². The lowest BCUT2D eigenvalue weighted by atomic mass is 9.99. The highest BCUT2D eigenvalue weighted by atomic mass is 16.4. The maximum atomic E-state index is 10.6. The van der Waals surface area contributed by atoms with Crippen LogP contribution in [-0.4, -0.2) is 20.9 Å². The maximum absolute atomic E-state index is 10.6. The largest absolute Gasteiger partial charge is 0.481 e. The van der Waals surface area contributed by atoms with Crippen LogP contribution in [0.25, 0.3) is 11.1 Å². The summed E-state index contributed by atoms with van der Waals surface area (Å²) < 4.78 is 1.94. The minimum absolute atomic E-state index is 0.171. The summed E-state index contributed by atoms with van der Waals surface area (Å²) in [5, 5.41) is 13.1. The zero-order valence-electron chi connectivity index (χ0n) is 12.1. The van der Waals surface area contributed by atoms with Gasteiger partial charge in [-0.25, -0.2) is 0 Å². The van der Waals surface area contributed by atoms with E-state index >= 15 is 0 Å². The number of aliphatic carboxylic acids is 1. The standard InChI is InChI=1S/C16H20N2O2/c1-11(2)18-10-14(9-17-18)15-6-4-13(8-12(15)3)5-7-16(19)20/h4,6,8-11H,5,7H2,1-3H3,(H,19,20). The van der Waals surface area contributed by atoms with Crippen molar-refractivity contribution >= 4 is 5.97 Å². The van der Waals surface area contributed by atoms with Gasteiger partial charge in [-0.05, 0) is 43.9 Å². The fraction of sp³-hybridized carbons (Fsp3) is 0.375. The predicted octanol–water partition coefficient (Wildman–Crippen LogP) is 3.46. The van der Waals surface area contributed by atoms with E-state index in [2.05, 4.69) is 25.0 Å². The van der Waals surface area contributed by atoms with E-state index in [1.165, 1.54) is 0 Å². The average molecular weight is 272 g/mol. The number of aromatic nitrogens is 2. The first kappa shape index (κ1) is 14.3. The molecule has 0 amide bonds. The highest BCUT2D eigenvalue weighted by Crippen LogP contribution is 2.25. The first-order chi connectivity index (χ1) is 9.47. The van der Waals surface area contributed by atoms with Gasteiger partial charge in [-0.15, -0.1) is 0 Å². The number of carboxylic acids is 1. The molecule has 0 spiro atoms. The first-order valence-electron chi connectivity index (χ1n) is 6.83. The van der Waals surface area contributed by atoms with Gasteiger partial charge in [0.2, 0.25) is 0 Å². The van der Waals surface area contributed by atoms with Gasteiger partial charge in [0.05, 0.1) is 6.20 Å². The molecule has 0 saturated carbocycles. The summed E-state index contributed by atoms with van der Waals surface area (Å²) in [6.07, 6.45) is 4.66. The molecule has 1 aromatic heterocycles. The Morgan fingerprint density at radius 3 is 2.70 bits per heavy atom. The van der Waals surface area contributed by atoms with Crippen LogP contribution in [0.1, 0.15) is 37.4 Å². The van der Waals surface area contributed by atoms with E-state index in [0.717, 1.165) is 22.3 Å². The quantitative estimate of drug-likeness (QED) is 0.907. The molecule has 2 aromatic rings. The summed E-state index contributed by atoms with van der Waals surface area (Å²) in [5.41, 5.74) is 4.46. The van der Waals surface area contributed by atoms with Gasteiger partial charge in [0, 0.05) is 24.2 Å². The zero-order chi connectivity index (χ0) is 14.7. The molecule has 1 heterocycles. The third-order valence-corrected chi connectivity index (χ3v) is 3.36. The SMILES string of the molecule is Cc1cc(CCC(=O)O)ccc1-c1cnn(C(C)C)c1. The lowest BCUT2D eigenvalue weighted by molar-refractivity contribution is -0.136. The van der Waals surface area contributed by atoms with Crippen LogP contribution in [0, 0.1) is 6.92 Å². The molecule has 0 unspecified atom stereocenters. The number of carbonyl (C=O) groups is 1. The summed E-state index contributed by atoms with van der Waals surface area (Å²) >= 11 is 0. The number of aryl methyl sites for hydroxylation is 2. The number of rotatable bonds is 5. The van der Waals surface area contributed by atoms with Crippen LogP contribution in [0.15, 0.2) is 30.6 Å². The van der Waals surface area contributed by atoms with Gasteiger partial charge in [0.1, 0.15) is 0 Å². The molecule has 0 atom stereocenters. The van der Waals surface area contributed by atoms with E-state index in [4.69, 9.17) is 5.11 Å². The molecular formula is C16H20N2O2. The van der Waals surface area contributed by atoms with E-state index in [9.17, 15) is 4.79 Å². The van der Waals surface area contributed by atoms with E-state index in [-0.39, 0.29) is 6.42 Å². The highest BCUT2D eigenvalue weighted by molar-refractivity contribution is 5.68. The van der Waals surface area contributed by atoms with Gasteiger partial charge < -0.3 is 5.11 Å². The fourth-order valence-electron chi connectivity index (χ4n) is 2.22. The summed E-state index contributed by atoms with van der Waals surface area (Å²) in [7, 11) is 0. The Balaban J connectivity index is 2.22. The van der Waals surface area contributed by atoms with Crippen LogP contribution < -0.4 is 0 Å². The minimum Gasteiger partial charge on any atom is -0.481 e. The Morgan fingerprint density at radius 1 is 1.40 bits per heavy atom. The zero-order valence-corrected chi connectivity index (χ0v) is 12.1. The van der Waals surface area contributed by atoms with Crippen molar-refractivity contribution in [3.8, 4) is 11.1 Å². The molecule has 0 bridgehead atoms. The second kappa shape index (κ2) is 5.90. The maximum Gasteiger partial charge on any atom is 0.303 e. The molecule has 0 saturated heterocycles. The van der Waals surface area contributed by atoms with Gasteiger partial charge in [0.15, 0.2) is 0 Å². The van der Waals surface area contributed by atoms with E-state index in [1.54, 1.807) is 0 Å². The second-order valence-electron chi connectivity index (χ2n) is 5.35. The van der Waals surface area contributed by atoms with Gasteiger partial charge in [-0.1, -0.05) is 18.2 Å². The Kier molecular flexibility index (Phi) is 4.23. The van der Waals surface area contributed by atoms with Crippen LogP contribution in [0.3, 0.4) is 0 Å². The summed E-state index contributed by atoms with van der Waals surface area (Å²) in [6.45, 7) is 6.24.